The molecular formula is C11H23BN2O4. The molecule has 0 aromatic heterocycles. The topological polar surface area (TPSA) is 113 Å². The average molecular weight is 258 g/mol. The average Bonchev–Trinajstić information content (AvgIpc) is 2.23. The number of carbonyl (C=O) groups is 2. The fourth-order valence-corrected chi connectivity index (χ4v) is 1.78. The minimum absolute atomic E-state index is 0.195. The molecule has 0 aliphatic rings. The maximum atomic E-state index is 11.9. The minimum Gasteiger partial charge on any atom is -0.426 e. The van der Waals surface area contributed by atoms with E-state index >= 15 is 0 Å². The first-order valence-electron chi connectivity index (χ1n) is 6.22. The van der Waals surface area contributed by atoms with Crippen molar-refractivity contribution >= 4 is 18.9 Å². The van der Waals surface area contributed by atoms with Crippen LogP contribution in [0.15, 0.2) is 0 Å². The Kier molecular flexibility index (Phi) is 7.62. The zero-order valence-electron chi connectivity index (χ0n) is 11.2. The molecule has 0 spiro atoms. The van der Waals surface area contributed by atoms with Crippen molar-refractivity contribution < 1.29 is 19.6 Å². The Hall–Kier alpha value is -1.08. The molecule has 0 fully saturated rings. The van der Waals surface area contributed by atoms with Gasteiger partial charge in [-0.05, 0) is 18.8 Å². The van der Waals surface area contributed by atoms with Crippen LogP contribution in [-0.2, 0) is 9.59 Å². The molecule has 0 aromatic carbocycles. The number of hydrogen-bond acceptors (Lipinski definition) is 4. The number of primary amides is 1. The summed E-state index contributed by atoms with van der Waals surface area (Å²) in [5.41, 5.74) is 4.98. The standard InChI is InChI=1S/C11H23BN2O4/c1-4-8(5-7(2)3)11(16)14-9(12(17)18)6-10(13)15/h7-9,17-18H,4-6H2,1-3H3,(H2,13,15)(H,14,16)/t8?,9-/m0/s1. The Morgan fingerprint density at radius 1 is 1.33 bits per heavy atom. The molecule has 0 saturated heterocycles. The molecule has 2 amide bonds. The first-order valence-corrected chi connectivity index (χ1v) is 6.22. The Morgan fingerprint density at radius 2 is 1.89 bits per heavy atom. The molecule has 0 bridgehead atoms. The van der Waals surface area contributed by atoms with Crippen LogP contribution in [0.25, 0.3) is 0 Å². The summed E-state index contributed by atoms with van der Waals surface area (Å²) >= 11 is 0. The van der Waals surface area contributed by atoms with E-state index in [0.717, 1.165) is 0 Å². The van der Waals surface area contributed by atoms with E-state index in [-0.39, 0.29) is 18.2 Å². The zero-order chi connectivity index (χ0) is 14.3. The molecule has 1 unspecified atom stereocenters. The number of carbonyl (C=O) groups excluding carboxylic acids is 2. The van der Waals surface area contributed by atoms with E-state index in [0.29, 0.717) is 18.8 Å². The molecule has 5 N–H and O–H groups in total. The van der Waals surface area contributed by atoms with Crippen molar-refractivity contribution in [1.29, 1.82) is 0 Å². The van der Waals surface area contributed by atoms with Gasteiger partial charge in [0.25, 0.3) is 0 Å². The van der Waals surface area contributed by atoms with Crippen molar-refractivity contribution in [2.45, 2.75) is 46.0 Å². The molecule has 0 aliphatic carbocycles. The quantitative estimate of drug-likeness (QED) is 0.437. The van der Waals surface area contributed by atoms with Crippen LogP contribution < -0.4 is 11.1 Å². The van der Waals surface area contributed by atoms with Crippen LogP contribution >= 0.6 is 0 Å². The van der Waals surface area contributed by atoms with Crippen molar-refractivity contribution in [1.82, 2.24) is 5.32 Å². The molecule has 0 heterocycles. The molecule has 104 valence electrons. The summed E-state index contributed by atoms with van der Waals surface area (Å²) in [7, 11) is -1.79. The fraction of sp³-hybridized carbons (Fsp3) is 0.818. The summed E-state index contributed by atoms with van der Waals surface area (Å²) in [4.78, 5) is 22.7. The van der Waals surface area contributed by atoms with Crippen molar-refractivity contribution in [2.24, 2.45) is 17.6 Å². The maximum absolute atomic E-state index is 11.9. The number of amides is 2. The minimum atomic E-state index is -1.79. The first kappa shape index (κ1) is 16.9. The summed E-state index contributed by atoms with van der Waals surface area (Å²) in [5.74, 6) is -1.83. The zero-order valence-corrected chi connectivity index (χ0v) is 11.2. The van der Waals surface area contributed by atoms with E-state index in [9.17, 15) is 9.59 Å². The van der Waals surface area contributed by atoms with Crippen LogP contribution in [-0.4, -0.2) is 34.9 Å². The van der Waals surface area contributed by atoms with E-state index in [1.165, 1.54) is 0 Å². The summed E-state index contributed by atoms with van der Waals surface area (Å²) in [6.07, 6.45) is 1.09. The van der Waals surface area contributed by atoms with Crippen LogP contribution in [0.5, 0.6) is 0 Å². The molecule has 0 saturated carbocycles. The van der Waals surface area contributed by atoms with Crippen molar-refractivity contribution in [3.8, 4) is 0 Å². The lowest BCUT2D eigenvalue weighted by atomic mass is 9.76. The Morgan fingerprint density at radius 3 is 2.22 bits per heavy atom. The fourth-order valence-electron chi connectivity index (χ4n) is 1.78. The molecule has 2 atom stereocenters. The second-order valence-electron chi connectivity index (χ2n) is 4.93. The predicted octanol–water partition coefficient (Wildman–Crippen LogP) is -0.569. The highest BCUT2D eigenvalue weighted by molar-refractivity contribution is 6.44. The first-order chi connectivity index (χ1) is 8.27. The summed E-state index contributed by atoms with van der Waals surface area (Å²) in [6, 6.07) is 0. The highest BCUT2D eigenvalue weighted by Gasteiger charge is 2.29. The lowest BCUT2D eigenvalue weighted by Gasteiger charge is -2.21. The van der Waals surface area contributed by atoms with Crippen molar-refractivity contribution in [3.05, 3.63) is 0 Å². The van der Waals surface area contributed by atoms with E-state index in [1.54, 1.807) is 0 Å². The summed E-state index contributed by atoms with van der Waals surface area (Å²) < 4.78 is 0. The predicted molar refractivity (Wildman–Crippen MR) is 69.2 cm³/mol. The second-order valence-corrected chi connectivity index (χ2v) is 4.93. The summed E-state index contributed by atoms with van der Waals surface area (Å²) in [6.45, 7) is 5.92. The summed E-state index contributed by atoms with van der Waals surface area (Å²) in [5, 5.41) is 20.6. The van der Waals surface area contributed by atoms with Crippen molar-refractivity contribution in [2.75, 3.05) is 0 Å². The van der Waals surface area contributed by atoms with Gasteiger partial charge in [-0.1, -0.05) is 20.8 Å². The van der Waals surface area contributed by atoms with Gasteiger partial charge < -0.3 is 21.1 Å². The van der Waals surface area contributed by atoms with Crippen molar-refractivity contribution in [3.63, 3.8) is 0 Å². The van der Waals surface area contributed by atoms with Gasteiger partial charge in [0.05, 0.1) is 5.94 Å². The third-order valence-electron chi connectivity index (χ3n) is 2.73. The maximum Gasteiger partial charge on any atom is 0.475 e. The molecule has 18 heavy (non-hydrogen) atoms. The van der Waals surface area contributed by atoms with E-state index in [4.69, 9.17) is 15.8 Å². The van der Waals surface area contributed by atoms with Gasteiger partial charge in [0, 0.05) is 12.3 Å². The second kappa shape index (κ2) is 8.10. The van der Waals surface area contributed by atoms with Gasteiger partial charge in [0.2, 0.25) is 11.8 Å². The molecule has 7 heteroatoms. The largest absolute Gasteiger partial charge is 0.475 e. The number of nitrogens with one attached hydrogen (secondary N) is 1. The Bertz CT molecular complexity index is 284. The highest BCUT2D eigenvalue weighted by Crippen LogP contribution is 2.15. The molecule has 6 nitrogen and oxygen atoms in total. The van der Waals surface area contributed by atoms with Gasteiger partial charge in [0.15, 0.2) is 0 Å². The van der Waals surface area contributed by atoms with Crippen LogP contribution in [0.1, 0.15) is 40.0 Å². The molecule has 0 aliphatic heterocycles. The lowest BCUT2D eigenvalue weighted by molar-refractivity contribution is -0.126. The normalized spacial score (nSPS) is 14.1. The van der Waals surface area contributed by atoms with Crippen LogP contribution in [0.3, 0.4) is 0 Å². The van der Waals surface area contributed by atoms with Gasteiger partial charge >= 0.3 is 7.12 Å². The van der Waals surface area contributed by atoms with Gasteiger partial charge in [-0.2, -0.15) is 0 Å². The Balaban J connectivity index is 4.51. The van der Waals surface area contributed by atoms with Crippen LogP contribution in [0, 0.1) is 11.8 Å². The van der Waals surface area contributed by atoms with Gasteiger partial charge in [-0.3, -0.25) is 9.59 Å². The van der Waals surface area contributed by atoms with Crippen LogP contribution in [0.4, 0.5) is 0 Å². The van der Waals surface area contributed by atoms with Gasteiger partial charge in [-0.25, -0.2) is 0 Å². The smallest absolute Gasteiger partial charge is 0.426 e. The lowest BCUT2D eigenvalue weighted by Crippen LogP contribution is -2.50. The molecule has 0 radical (unpaired) electrons. The number of rotatable bonds is 8. The third kappa shape index (κ3) is 6.61. The van der Waals surface area contributed by atoms with E-state index in [1.807, 2.05) is 20.8 Å². The molecular weight excluding hydrogens is 235 g/mol. The van der Waals surface area contributed by atoms with Gasteiger partial charge in [-0.15, -0.1) is 0 Å². The number of hydrogen-bond donors (Lipinski definition) is 4. The van der Waals surface area contributed by atoms with E-state index in [2.05, 4.69) is 5.32 Å². The monoisotopic (exact) mass is 258 g/mol. The highest BCUT2D eigenvalue weighted by atomic mass is 16.4. The Labute approximate surface area is 108 Å². The third-order valence-corrected chi connectivity index (χ3v) is 2.73. The molecule has 0 rings (SSSR count). The molecule has 0 aromatic rings. The van der Waals surface area contributed by atoms with Gasteiger partial charge in [0.1, 0.15) is 0 Å². The number of nitrogens with two attached hydrogens (primary N) is 1. The van der Waals surface area contributed by atoms with Crippen LogP contribution in [0.2, 0.25) is 0 Å². The van der Waals surface area contributed by atoms with E-state index < -0.39 is 19.0 Å². The SMILES string of the molecule is CCC(CC(C)C)C(=O)N[C@@H](CC(N)=O)B(O)O.